The molecule has 1 fully saturated rings. The van der Waals surface area contributed by atoms with Crippen molar-refractivity contribution in [2.75, 3.05) is 11.9 Å². The molecule has 0 bridgehead atoms. The largest absolute Gasteiger partial charge is 0.338 e. The Kier molecular flexibility index (Phi) is 2.95. The van der Waals surface area contributed by atoms with Gasteiger partial charge in [0.15, 0.2) is 0 Å². The molecule has 0 N–H and O–H groups in total. The number of benzene rings is 1. The van der Waals surface area contributed by atoms with Crippen LogP contribution in [0.3, 0.4) is 0 Å². The smallest absolute Gasteiger partial charge is 0.230 e. The summed E-state index contributed by atoms with van der Waals surface area (Å²) in [5, 5.41) is 0.910. The van der Waals surface area contributed by atoms with Gasteiger partial charge in [0, 0.05) is 17.9 Å². The van der Waals surface area contributed by atoms with E-state index in [-0.39, 0.29) is 5.92 Å². The highest BCUT2D eigenvalue weighted by Gasteiger charge is 2.38. The third-order valence-corrected chi connectivity index (χ3v) is 4.74. The van der Waals surface area contributed by atoms with Gasteiger partial charge in [-0.2, -0.15) is 0 Å². The first-order chi connectivity index (χ1) is 8.31. The number of hydrogen-bond acceptors (Lipinski definition) is 1. The van der Waals surface area contributed by atoms with Crippen LogP contribution in [0.2, 0.25) is 0 Å². The maximum atomic E-state index is 12.5. The summed E-state index contributed by atoms with van der Waals surface area (Å²) in [6.07, 6.45) is 3.22. The second-order valence-electron chi connectivity index (χ2n) is 4.94. The number of hydrogen-bond donors (Lipinski definition) is 0. The maximum absolute atomic E-state index is 12.5. The third kappa shape index (κ3) is 1.81. The molecule has 1 aromatic carbocycles. The van der Waals surface area contributed by atoms with Crippen molar-refractivity contribution in [1.29, 1.82) is 0 Å². The molecule has 90 valence electrons. The molecular formula is C14H16BrNO. The molecular weight excluding hydrogens is 278 g/mol. The minimum atomic E-state index is 0.130. The van der Waals surface area contributed by atoms with Crippen molar-refractivity contribution < 1.29 is 4.79 Å². The molecule has 1 saturated heterocycles. The van der Waals surface area contributed by atoms with E-state index in [2.05, 4.69) is 39.0 Å². The zero-order chi connectivity index (χ0) is 11.8. The van der Waals surface area contributed by atoms with Crippen LogP contribution in [-0.4, -0.2) is 28.7 Å². The Morgan fingerprint density at radius 1 is 1.41 bits per heavy atom. The SMILES string of the molecule is O=C(C1Cc2ccccc21)N1CCCC1CBr. The normalized spacial score (nSPS) is 26.5. The predicted octanol–water partition coefficient (Wildman–Crippen LogP) is 2.71. The molecule has 2 unspecified atom stereocenters. The maximum Gasteiger partial charge on any atom is 0.230 e. The summed E-state index contributed by atoms with van der Waals surface area (Å²) >= 11 is 3.51. The molecule has 1 aliphatic carbocycles. The van der Waals surface area contributed by atoms with Crippen LogP contribution >= 0.6 is 15.9 Å². The standard InChI is InChI=1S/C14H16BrNO/c15-9-11-5-3-7-16(11)14(17)13-8-10-4-1-2-6-12(10)13/h1-2,4,6,11,13H,3,5,7-9H2. The fourth-order valence-electron chi connectivity index (χ4n) is 2.97. The summed E-state index contributed by atoms with van der Waals surface area (Å²) in [5.41, 5.74) is 2.60. The molecule has 3 heteroatoms. The lowest BCUT2D eigenvalue weighted by Crippen LogP contribution is -2.42. The molecule has 0 spiro atoms. The number of rotatable bonds is 2. The van der Waals surface area contributed by atoms with Gasteiger partial charge in [0.05, 0.1) is 5.92 Å². The molecule has 2 aliphatic rings. The van der Waals surface area contributed by atoms with Crippen molar-refractivity contribution >= 4 is 21.8 Å². The molecule has 0 aromatic heterocycles. The van der Waals surface area contributed by atoms with Crippen LogP contribution in [0, 0.1) is 0 Å². The minimum absolute atomic E-state index is 0.130. The Morgan fingerprint density at radius 2 is 2.24 bits per heavy atom. The van der Waals surface area contributed by atoms with Gasteiger partial charge in [-0.15, -0.1) is 0 Å². The van der Waals surface area contributed by atoms with Gasteiger partial charge in [-0.05, 0) is 30.4 Å². The van der Waals surface area contributed by atoms with Crippen molar-refractivity contribution in [3.63, 3.8) is 0 Å². The Morgan fingerprint density at radius 3 is 3.00 bits per heavy atom. The Bertz CT molecular complexity index is 446. The molecule has 1 heterocycles. The van der Waals surface area contributed by atoms with Crippen LogP contribution in [0.25, 0.3) is 0 Å². The van der Waals surface area contributed by atoms with Gasteiger partial charge < -0.3 is 4.90 Å². The van der Waals surface area contributed by atoms with Gasteiger partial charge in [-0.1, -0.05) is 40.2 Å². The van der Waals surface area contributed by atoms with E-state index in [0.29, 0.717) is 11.9 Å². The van der Waals surface area contributed by atoms with Crippen LogP contribution in [0.5, 0.6) is 0 Å². The summed E-state index contributed by atoms with van der Waals surface area (Å²) in [4.78, 5) is 14.5. The molecule has 0 saturated carbocycles. The Hall–Kier alpha value is -0.830. The summed E-state index contributed by atoms with van der Waals surface area (Å²) in [5.74, 6) is 0.469. The number of carbonyl (C=O) groups excluding carboxylic acids is 1. The minimum Gasteiger partial charge on any atom is -0.338 e. The highest BCUT2D eigenvalue weighted by atomic mass is 79.9. The van der Waals surface area contributed by atoms with Gasteiger partial charge in [-0.25, -0.2) is 0 Å². The number of nitrogens with zero attached hydrogens (tertiary/aromatic N) is 1. The number of fused-ring (bicyclic) bond motifs is 1. The lowest BCUT2D eigenvalue weighted by molar-refractivity contribution is -0.133. The van der Waals surface area contributed by atoms with Crippen molar-refractivity contribution in [3.8, 4) is 0 Å². The monoisotopic (exact) mass is 293 g/mol. The predicted molar refractivity (Wildman–Crippen MR) is 71.4 cm³/mol. The van der Waals surface area contributed by atoms with Crippen molar-refractivity contribution in [2.24, 2.45) is 0 Å². The lowest BCUT2D eigenvalue weighted by Gasteiger charge is -2.34. The average Bonchev–Trinajstić information content (AvgIpc) is 2.78. The summed E-state index contributed by atoms with van der Waals surface area (Å²) in [6.45, 7) is 0.938. The molecule has 2 nitrogen and oxygen atoms in total. The van der Waals surface area contributed by atoms with E-state index in [1.165, 1.54) is 11.1 Å². The second-order valence-corrected chi connectivity index (χ2v) is 5.58. The van der Waals surface area contributed by atoms with Gasteiger partial charge in [0.25, 0.3) is 0 Å². The molecule has 2 atom stereocenters. The van der Waals surface area contributed by atoms with E-state index in [4.69, 9.17) is 0 Å². The topological polar surface area (TPSA) is 20.3 Å². The van der Waals surface area contributed by atoms with E-state index in [1.807, 2.05) is 6.07 Å². The van der Waals surface area contributed by atoms with Crippen LogP contribution in [0.4, 0.5) is 0 Å². The van der Waals surface area contributed by atoms with Gasteiger partial charge in [0.2, 0.25) is 5.91 Å². The zero-order valence-electron chi connectivity index (χ0n) is 9.73. The molecule has 1 amide bonds. The van der Waals surface area contributed by atoms with E-state index in [9.17, 15) is 4.79 Å². The van der Waals surface area contributed by atoms with E-state index in [1.54, 1.807) is 0 Å². The fraction of sp³-hybridized carbons (Fsp3) is 0.500. The summed E-state index contributed by atoms with van der Waals surface area (Å²) in [7, 11) is 0. The van der Waals surface area contributed by atoms with Crippen molar-refractivity contribution in [3.05, 3.63) is 35.4 Å². The van der Waals surface area contributed by atoms with Gasteiger partial charge in [-0.3, -0.25) is 4.79 Å². The van der Waals surface area contributed by atoms with Crippen molar-refractivity contribution in [1.82, 2.24) is 4.90 Å². The number of halogens is 1. The molecule has 1 aromatic rings. The van der Waals surface area contributed by atoms with Crippen LogP contribution in [-0.2, 0) is 11.2 Å². The van der Waals surface area contributed by atoms with Gasteiger partial charge in [0.1, 0.15) is 0 Å². The Balaban J connectivity index is 1.77. The van der Waals surface area contributed by atoms with Crippen LogP contribution in [0.15, 0.2) is 24.3 Å². The number of carbonyl (C=O) groups is 1. The second kappa shape index (κ2) is 4.45. The highest BCUT2D eigenvalue weighted by Crippen LogP contribution is 2.37. The molecule has 1 aliphatic heterocycles. The van der Waals surface area contributed by atoms with Crippen LogP contribution < -0.4 is 0 Å². The van der Waals surface area contributed by atoms with E-state index in [0.717, 1.165) is 31.1 Å². The molecule has 3 rings (SSSR count). The highest BCUT2D eigenvalue weighted by molar-refractivity contribution is 9.09. The first kappa shape index (κ1) is 11.3. The van der Waals surface area contributed by atoms with Crippen LogP contribution in [0.1, 0.15) is 29.9 Å². The quantitative estimate of drug-likeness (QED) is 0.768. The number of likely N-dealkylation sites (tertiary alicyclic amines) is 1. The number of alkyl halides is 1. The third-order valence-electron chi connectivity index (χ3n) is 3.99. The van der Waals surface area contributed by atoms with Crippen molar-refractivity contribution in [2.45, 2.75) is 31.2 Å². The number of amides is 1. The van der Waals surface area contributed by atoms with E-state index < -0.39 is 0 Å². The summed E-state index contributed by atoms with van der Waals surface area (Å²) < 4.78 is 0. The molecule has 17 heavy (non-hydrogen) atoms. The average molecular weight is 294 g/mol. The summed E-state index contributed by atoms with van der Waals surface area (Å²) in [6, 6.07) is 8.72. The first-order valence-electron chi connectivity index (χ1n) is 6.25. The zero-order valence-corrected chi connectivity index (χ0v) is 11.3. The molecule has 0 radical (unpaired) electrons. The lowest BCUT2D eigenvalue weighted by atomic mass is 9.77. The first-order valence-corrected chi connectivity index (χ1v) is 7.37. The van der Waals surface area contributed by atoms with E-state index >= 15 is 0 Å². The fourth-order valence-corrected chi connectivity index (χ4v) is 3.64. The Labute approximate surface area is 110 Å². The van der Waals surface area contributed by atoms with Gasteiger partial charge >= 0.3 is 0 Å².